The molecule has 0 aliphatic rings. The molecule has 0 unspecified atom stereocenters. The summed E-state index contributed by atoms with van der Waals surface area (Å²) in [6.45, 7) is 0. The molecule has 0 rings (SSSR count). The van der Waals surface area contributed by atoms with Gasteiger partial charge in [0.15, 0.2) is 0 Å². The maximum atomic E-state index is 9.76. The van der Waals surface area contributed by atoms with Crippen molar-refractivity contribution >= 4 is 70.0 Å². The Hall–Kier alpha value is 1.42. The minimum atomic E-state index is -1.00. The number of rotatable bonds is 2. The molecule has 0 aromatic heterocycles. The number of hydrogen-bond donors (Lipinski definition) is 3. The van der Waals surface area contributed by atoms with Crippen molar-refractivity contribution in [1.29, 1.82) is 0 Å². The molecule has 3 N–H and O–H groups in total. The van der Waals surface area contributed by atoms with Gasteiger partial charge in [-0.25, -0.2) is 0 Å². The van der Waals surface area contributed by atoms with Crippen LogP contribution in [0.5, 0.6) is 0 Å². The number of nitrogens with two attached hydrogens (primary N) is 1. The van der Waals surface area contributed by atoms with Crippen LogP contribution in [0.1, 0.15) is 0 Å². The van der Waals surface area contributed by atoms with Gasteiger partial charge < -0.3 is 10.8 Å². The largest absolute Gasteiger partial charge is 0.480 e. The van der Waals surface area contributed by atoms with Gasteiger partial charge in [0, 0.05) is 57.1 Å². The third-order valence-electron chi connectivity index (χ3n) is 0.514. The van der Waals surface area contributed by atoms with Crippen LogP contribution in [0.2, 0.25) is 0 Å². The number of carboxylic acids is 1. The van der Waals surface area contributed by atoms with E-state index >= 15 is 0 Å². The summed E-state index contributed by atoms with van der Waals surface area (Å²) in [5, 5.41) is 8.01. The van der Waals surface area contributed by atoms with E-state index in [1.807, 2.05) is 0 Å². The fraction of sp³-hybridized carbons (Fsp3) is 0.667. The Morgan fingerprint density at radius 2 is 2.25 bits per heavy atom. The molecular formula is C3H7KNO2S. The third kappa shape index (κ3) is 5.55. The molecule has 8 heavy (non-hydrogen) atoms. The maximum absolute atomic E-state index is 9.76. The Balaban J connectivity index is 0. The average Bonchev–Trinajstić information content (AvgIpc) is 1.65. The predicted octanol–water partition coefficient (Wildman–Crippen LogP) is -1.05. The van der Waals surface area contributed by atoms with E-state index in [1.165, 1.54) is 0 Å². The number of aliphatic carboxylic acids is 1. The maximum Gasteiger partial charge on any atom is 0.321 e. The van der Waals surface area contributed by atoms with Crippen molar-refractivity contribution in [2.24, 2.45) is 5.73 Å². The van der Waals surface area contributed by atoms with Crippen LogP contribution in [0.25, 0.3) is 0 Å². The molecule has 0 aromatic rings. The molecule has 43 valence electrons. The van der Waals surface area contributed by atoms with Crippen LogP contribution in [-0.2, 0) is 4.79 Å². The summed E-state index contributed by atoms with van der Waals surface area (Å²) in [6, 6.07) is -0.816. The van der Waals surface area contributed by atoms with Crippen molar-refractivity contribution in [1.82, 2.24) is 0 Å². The SMILES string of the molecule is N[C@@H](CS)C(=O)O.[K]. The predicted molar refractivity (Wildman–Crippen MR) is 35.2 cm³/mol. The molecule has 0 heterocycles. The summed E-state index contributed by atoms with van der Waals surface area (Å²) >= 11 is 3.65. The molecule has 0 saturated carbocycles. The molecule has 0 aliphatic carbocycles. The fourth-order valence-electron chi connectivity index (χ4n) is 0.0781. The number of hydrogen-bond acceptors (Lipinski definition) is 3. The third-order valence-corrected chi connectivity index (χ3v) is 0.907. The second-order valence-electron chi connectivity index (χ2n) is 1.13. The number of carbonyl (C=O) groups is 1. The van der Waals surface area contributed by atoms with Gasteiger partial charge in [0.25, 0.3) is 0 Å². The molecule has 0 fully saturated rings. The molecular weight excluding hydrogens is 153 g/mol. The van der Waals surface area contributed by atoms with Crippen molar-refractivity contribution < 1.29 is 9.90 Å². The van der Waals surface area contributed by atoms with Gasteiger partial charge in [0.1, 0.15) is 6.04 Å². The van der Waals surface area contributed by atoms with Crippen molar-refractivity contribution in [3.8, 4) is 0 Å². The van der Waals surface area contributed by atoms with Gasteiger partial charge in [-0.15, -0.1) is 0 Å². The van der Waals surface area contributed by atoms with Gasteiger partial charge >= 0.3 is 5.97 Å². The van der Waals surface area contributed by atoms with Crippen molar-refractivity contribution in [2.75, 3.05) is 5.75 Å². The van der Waals surface area contributed by atoms with E-state index in [0.29, 0.717) is 0 Å². The van der Waals surface area contributed by atoms with Crippen molar-refractivity contribution in [3.05, 3.63) is 0 Å². The Kier molecular flexibility index (Phi) is 9.91. The zero-order chi connectivity index (χ0) is 5.86. The van der Waals surface area contributed by atoms with Gasteiger partial charge in [0.05, 0.1) is 0 Å². The van der Waals surface area contributed by atoms with Crippen LogP contribution in [0.3, 0.4) is 0 Å². The Morgan fingerprint density at radius 3 is 2.25 bits per heavy atom. The molecule has 0 spiro atoms. The van der Waals surface area contributed by atoms with Crippen LogP contribution in [0.15, 0.2) is 0 Å². The summed E-state index contributed by atoms with van der Waals surface area (Å²) in [4.78, 5) is 9.76. The Labute approximate surface area is 95.8 Å². The van der Waals surface area contributed by atoms with Crippen LogP contribution >= 0.6 is 12.6 Å². The van der Waals surface area contributed by atoms with Crippen LogP contribution < -0.4 is 5.73 Å². The number of carboxylic acid groups (broad SMARTS) is 1. The summed E-state index contributed by atoms with van der Waals surface area (Å²) < 4.78 is 0. The van der Waals surface area contributed by atoms with E-state index in [4.69, 9.17) is 10.8 Å². The monoisotopic (exact) mass is 160 g/mol. The summed E-state index contributed by atoms with van der Waals surface area (Å²) in [5.41, 5.74) is 4.94. The van der Waals surface area contributed by atoms with Crippen molar-refractivity contribution in [2.45, 2.75) is 6.04 Å². The van der Waals surface area contributed by atoms with E-state index in [-0.39, 0.29) is 57.1 Å². The minimum Gasteiger partial charge on any atom is -0.480 e. The average molecular weight is 160 g/mol. The first-order valence-electron chi connectivity index (χ1n) is 1.77. The van der Waals surface area contributed by atoms with E-state index in [2.05, 4.69) is 12.6 Å². The van der Waals surface area contributed by atoms with E-state index in [9.17, 15) is 4.79 Å². The molecule has 0 aliphatic heterocycles. The zero-order valence-corrected chi connectivity index (χ0v) is 8.68. The van der Waals surface area contributed by atoms with E-state index < -0.39 is 12.0 Å². The standard InChI is InChI=1S/C3H7NO2S.K/c4-2(1-7)3(5)6;/h2,7H,1,4H2,(H,5,6);/t2-;/m0./s1. The normalized spacial score (nSPS) is 11.8. The molecule has 1 atom stereocenters. The first-order chi connectivity index (χ1) is 3.18. The van der Waals surface area contributed by atoms with Crippen LogP contribution in [-0.4, -0.2) is 74.3 Å². The zero-order valence-electron chi connectivity index (χ0n) is 4.66. The fourth-order valence-corrected chi connectivity index (χ4v) is 0.234. The quantitative estimate of drug-likeness (QED) is 0.357. The molecule has 0 saturated heterocycles. The molecule has 0 aromatic carbocycles. The second-order valence-corrected chi connectivity index (χ2v) is 1.49. The van der Waals surface area contributed by atoms with Gasteiger partial charge in [-0.1, -0.05) is 0 Å². The smallest absolute Gasteiger partial charge is 0.321 e. The number of thiol groups is 1. The summed E-state index contributed by atoms with van der Waals surface area (Å²) in [6.07, 6.45) is 0. The van der Waals surface area contributed by atoms with Crippen LogP contribution in [0.4, 0.5) is 0 Å². The summed E-state index contributed by atoms with van der Waals surface area (Å²) in [5.74, 6) is -0.815. The van der Waals surface area contributed by atoms with Gasteiger partial charge in [-0.2, -0.15) is 12.6 Å². The molecule has 0 bridgehead atoms. The van der Waals surface area contributed by atoms with Crippen molar-refractivity contribution in [3.63, 3.8) is 0 Å². The topological polar surface area (TPSA) is 63.3 Å². The molecule has 0 amide bonds. The van der Waals surface area contributed by atoms with Gasteiger partial charge in [-0.3, -0.25) is 4.79 Å². The van der Waals surface area contributed by atoms with Gasteiger partial charge in [0.2, 0.25) is 0 Å². The molecule has 3 nitrogen and oxygen atoms in total. The first-order valence-corrected chi connectivity index (χ1v) is 2.41. The summed E-state index contributed by atoms with van der Waals surface area (Å²) in [7, 11) is 0. The Bertz CT molecular complexity index is 79.7. The van der Waals surface area contributed by atoms with E-state index in [0.717, 1.165) is 0 Å². The first kappa shape index (κ1) is 12.1. The van der Waals surface area contributed by atoms with E-state index in [1.54, 1.807) is 0 Å². The molecule has 1 radical (unpaired) electrons. The minimum absolute atomic E-state index is 0. The van der Waals surface area contributed by atoms with Crippen LogP contribution in [0, 0.1) is 0 Å². The Morgan fingerprint density at radius 1 is 1.88 bits per heavy atom. The molecule has 5 heteroatoms. The second kappa shape index (κ2) is 6.54. The van der Waals surface area contributed by atoms with Gasteiger partial charge in [-0.05, 0) is 0 Å².